The van der Waals surface area contributed by atoms with E-state index in [1.165, 1.54) is 0 Å². The molecule has 92 valence electrons. The summed E-state index contributed by atoms with van der Waals surface area (Å²) in [7, 11) is -1.39. The molecule has 2 rings (SSSR count). The lowest BCUT2D eigenvalue weighted by Crippen LogP contribution is -2.21. The molecule has 6 nitrogen and oxygen atoms in total. The summed E-state index contributed by atoms with van der Waals surface area (Å²) in [6.07, 6.45) is 2.95. The molecular weight excluding hydrogens is 240 g/mol. The predicted molar refractivity (Wildman–Crippen MR) is 64.9 cm³/mol. The highest BCUT2D eigenvalue weighted by Crippen LogP contribution is 2.16. The fraction of sp³-hybridized carbons (Fsp3) is 0.400. The standard InChI is InChI=1S/C10H14N4O2S/c1-7-4-8(5-11-17(3,15)16)10-9(12-7)6-14(2)13-10/h4,6,11H,5H2,1-3H3. The van der Waals surface area contributed by atoms with E-state index in [4.69, 9.17) is 0 Å². The molecule has 0 amide bonds. The van der Waals surface area contributed by atoms with Crippen molar-refractivity contribution in [1.82, 2.24) is 19.5 Å². The summed E-state index contributed by atoms with van der Waals surface area (Å²) in [6, 6.07) is 1.84. The number of sulfonamides is 1. The van der Waals surface area contributed by atoms with Crippen molar-refractivity contribution >= 4 is 21.1 Å². The fourth-order valence-corrected chi connectivity index (χ4v) is 2.09. The molecule has 0 aliphatic rings. The molecule has 0 bridgehead atoms. The summed E-state index contributed by atoms with van der Waals surface area (Å²) >= 11 is 0. The zero-order valence-electron chi connectivity index (χ0n) is 9.93. The Morgan fingerprint density at radius 2 is 2.18 bits per heavy atom. The van der Waals surface area contributed by atoms with Gasteiger partial charge >= 0.3 is 0 Å². The van der Waals surface area contributed by atoms with E-state index in [1.54, 1.807) is 4.68 Å². The molecule has 7 heteroatoms. The van der Waals surface area contributed by atoms with Gasteiger partial charge in [-0.2, -0.15) is 5.10 Å². The molecule has 2 heterocycles. The normalized spacial score (nSPS) is 12.2. The smallest absolute Gasteiger partial charge is 0.209 e. The molecule has 0 saturated carbocycles. The van der Waals surface area contributed by atoms with Crippen LogP contribution in [-0.2, 0) is 23.6 Å². The maximum atomic E-state index is 11.1. The van der Waals surface area contributed by atoms with Crippen molar-refractivity contribution in [2.45, 2.75) is 13.5 Å². The van der Waals surface area contributed by atoms with Gasteiger partial charge in [-0.3, -0.25) is 4.68 Å². The Morgan fingerprint density at radius 1 is 1.47 bits per heavy atom. The molecule has 0 aliphatic heterocycles. The molecule has 1 N–H and O–H groups in total. The van der Waals surface area contributed by atoms with Gasteiger partial charge in [-0.05, 0) is 18.6 Å². The van der Waals surface area contributed by atoms with Gasteiger partial charge in [0.25, 0.3) is 0 Å². The number of pyridine rings is 1. The second-order valence-corrected chi connectivity index (χ2v) is 5.89. The van der Waals surface area contributed by atoms with Crippen LogP contribution in [0.3, 0.4) is 0 Å². The Labute approximate surface area is 99.7 Å². The monoisotopic (exact) mass is 254 g/mol. The zero-order valence-corrected chi connectivity index (χ0v) is 10.7. The van der Waals surface area contributed by atoms with Gasteiger partial charge in [0.2, 0.25) is 10.0 Å². The summed E-state index contributed by atoms with van der Waals surface area (Å²) < 4.78 is 26.3. The van der Waals surface area contributed by atoms with Crippen LogP contribution < -0.4 is 4.72 Å². The van der Waals surface area contributed by atoms with Crippen LogP contribution in [0.15, 0.2) is 12.3 Å². The summed E-state index contributed by atoms with van der Waals surface area (Å²) in [5.41, 5.74) is 3.18. The van der Waals surface area contributed by atoms with Crippen LogP contribution in [0.4, 0.5) is 0 Å². The van der Waals surface area contributed by atoms with E-state index in [0.717, 1.165) is 28.5 Å². The molecule has 0 fully saturated rings. The van der Waals surface area contributed by atoms with Crippen LogP contribution in [0.2, 0.25) is 0 Å². The minimum Gasteiger partial charge on any atom is -0.273 e. The molecule has 0 atom stereocenters. The van der Waals surface area contributed by atoms with Gasteiger partial charge < -0.3 is 0 Å². The molecule has 2 aromatic heterocycles. The van der Waals surface area contributed by atoms with Crippen LogP contribution in [0.5, 0.6) is 0 Å². The van der Waals surface area contributed by atoms with Crippen LogP contribution in [0, 0.1) is 6.92 Å². The summed E-state index contributed by atoms with van der Waals surface area (Å²) in [5.74, 6) is 0. The highest BCUT2D eigenvalue weighted by molar-refractivity contribution is 7.88. The molecule has 2 aromatic rings. The first-order valence-electron chi connectivity index (χ1n) is 5.10. The number of aryl methyl sites for hydroxylation is 2. The van der Waals surface area contributed by atoms with Crippen molar-refractivity contribution < 1.29 is 8.42 Å². The summed E-state index contributed by atoms with van der Waals surface area (Å²) in [4.78, 5) is 4.34. The summed E-state index contributed by atoms with van der Waals surface area (Å²) in [5, 5.41) is 4.27. The number of nitrogens with zero attached hydrogens (tertiary/aromatic N) is 3. The van der Waals surface area contributed by atoms with Crippen molar-refractivity contribution in [3.05, 3.63) is 23.5 Å². The van der Waals surface area contributed by atoms with Crippen molar-refractivity contribution in [2.24, 2.45) is 7.05 Å². The quantitative estimate of drug-likeness (QED) is 0.856. The third kappa shape index (κ3) is 2.80. The number of hydrogen-bond acceptors (Lipinski definition) is 4. The van der Waals surface area contributed by atoms with E-state index in [-0.39, 0.29) is 6.54 Å². The average molecular weight is 254 g/mol. The Kier molecular flexibility index (Phi) is 2.88. The minimum absolute atomic E-state index is 0.232. The van der Waals surface area contributed by atoms with Gasteiger partial charge in [0.1, 0.15) is 11.0 Å². The first-order valence-corrected chi connectivity index (χ1v) is 6.99. The van der Waals surface area contributed by atoms with E-state index >= 15 is 0 Å². The van der Waals surface area contributed by atoms with E-state index < -0.39 is 10.0 Å². The zero-order chi connectivity index (χ0) is 12.6. The lowest BCUT2D eigenvalue weighted by Gasteiger charge is -2.04. The van der Waals surface area contributed by atoms with Gasteiger partial charge in [-0.15, -0.1) is 0 Å². The van der Waals surface area contributed by atoms with Crippen LogP contribution in [0.1, 0.15) is 11.3 Å². The molecule has 0 spiro atoms. The first kappa shape index (κ1) is 12.0. The Hall–Kier alpha value is -1.47. The number of hydrogen-bond donors (Lipinski definition) is 1. The lowest BCUT2D eigenvalue weighted by molar-refractivity contribution is 0.587. The molecule has 17 heavy (non-hydrogen) atoms. The van der Waals surface area contributed by atoms with E-state index in [2.05, 4.69) is 14.8 Å². The van der Waals surface area contributed by atoms with Crippen molar-refractivity contribution in [2.75, 3.05) is 6.26 Å². The fourth-order valence-electron chi connectivity index (χ4n) is 1.67. The minimum atomic E-state index is -3.20. The Bertz CT molecular complexity index is 660. The highest BCUT2D eigenvalue weighted by atomic mass is 32.2. The second kappa shape index (κ2) is 4.08. The van der Waals surface area contributed by atoms with Gasteiger partial charge in [0, 0.05) is 19.3 Å². The predicted octanol–water partition coefficient (Wildman–Crippen LogP) is 0.326. The molecule has 0 saturated heterocycles. The van der Waals surface area contributed by atoms with Crippen LogP contribution in [-0.4, -0.2) is 29.4 Å². The van der Waals surface area contributed by atoms with Crippen molar-refractivity contribution in [3.63, 3.8) is 0 Å². The molecule has 0 aromatic carbocycles. The largest absolute Gasteiger partial charge is 0.273 e. The van der Waals surface area contributed by atoms with Gasteiger partial charge in [0.15, 0.2) is 0 Å². The maximum absolute atomic E-state index is 11.1. The third-order valence-corrected chi connectivity index (χ3v) is 2.99. The number of aromatic nitrogens is 3. The first-order chi connectivity index (χ1) is 7.85. The molecular formula is C10H14N4O2S. The SMILES string of the molecule is Cc1cc(CNS(C)(=O)=O)c2nn(C)cc2n1. The maximum Gasteiger partial charge on any atom is 0.209 e. The number of fused-ring (bicyclic) bond motifs is 1. The Morgan fingerprint density at radius 3 is 2.82 bits per heavy atom. The topological polar surface area (TPSA) is 76.9 Å². The van der Waals surface area contributed by atoms with E-state index in [9.17, 15) is 8.42 Å². The van der Waals surface area contributed by atoms with Gasteiger partial charge in [0.05, 0.1) is 12.5 Å². The molecule has 0 radical (unpaired) electrons. The van der Waals surface area contributed by atoms with Crippen molar-refractivity contribution in [1.29, 1.82) is 0 Å². The number of rotatable bonds is 3. The highest BCUT2D eigenvalue weighted by Gasteiger charge is 2.09. The average Bonchev–Trinajstić information content (AvgIpc) is 2.53. The van der Waals surface area contributed by atoms with E-state index in [1.807, 2.05) is 26.2 Å². The molecule has 0 aliphatic carbocycles. The Balaban J connectivity index is 2.45. The second-order valence-electron chi connectivity index (χ2n) is 4.05. The number of nitrogens with one attached hydrogen (secondary N) is 1. The van der Waals surface area contributed by atoms with Gasteiger partial charge in [-0.1, -0.05) is 0 Å². The summed E-state index contributed by atoms with van der Waals surface area (Å²) in [6.45, 7) is 2.10. The lowest BCUT2D eigenvalue weighted by atomic mass is 10.2. The van der Waals surface area contributed by atoms with Gasteiger partial charge in [-0.25, -0.2) is 18.1 Å². The molecule has 0 unspecified atom stereocenters. The third-order valence-electron chi connectivity index (χ3n) is 2.32. The van der Waals surface area contributed by atoms with Crippen LogP contribution in [0.25, 0.3) is 11.0 Å². The van der Waals surface area contributed by atoms with Crippen molar-refractivity contribution in [3.8, 4) is 0 Å². The van der Waals surface area contributed by atoms with E-state index in [0.29, 0.717) is 0 Å². The van der Waals surface area contributed by atoms with Crippen LogP contribution >= 0.6 is 0 Å².